The lowest BCUT2D eigenvalue weighted by atomic mass is 9.87. The van der Waals surface area contributed by atoms with Crippen LogP contribution in [0.2, 0.25) is 0 Å². The van der Waals surface area contributed by atoms with Gasteiger partial charge < -0.3 is 19.8 Å². The number of benzene rings is 1. The predicted molar refractivity (Wildman–Crippen MR) is 99.7 cm³/mol. The minimum absolute atomic E-state index is 0. The molecule has 0 saturated carbocycles. The van der Waals surface area contributed by atoms with E-state index in [0.717, 1.165) is 25.5 Å². The summed E-state index contributed by atoms with van der Waals surface area (Å²) < 4.78 is 49.1. The van der Waals surface area contributed by atoms with Gasteiger partial charge in [0.15, 0.2) is 11.6 Å². The minimum Gasteiger partial charge on any atom is -0.429 e. The van der Waals surface area contributed by atoms with Crippen molar-refractivity contribution in [2.45, 2.75) is 45.4 Å². The van der Waals surface area contributed by atoms with E-state index in [0.29, 0.717) is 6.04 Å². The van der Waals surface area contributed by atoms with Crippen molar-refractivity contribution in [1.29, 1.82) is 0 Å². The van der Waals surface area contributed by atoms with Crippen LogP contribution in [-0.2, 0) is 0 Å². The molecule has 0 radical (unpaired) electrons. The van der Waals surface area contributed by atoms with E-state index in [4.69, 9.17) is 4.42 Å². The second-order valence-corrected chi connectivity index (χ2v) is 6.70. The fraction of sp³-hybridized carbons (Fsp3) is 0.529. The Labute approximate surface area is 165 Å². The van der Waals surface area contributed by atoms with Crippen molar-refractivity contribution in [1.82, 2.24) is 15.5 Å². The van der Waals surface area contributed by atoms with Crippen LogP contribution in [0.1, 0.15) is 26.7 Å². The first kappa shape index (κ1) is 22.1. The lowest BCUT2D eigenvalue weighted by molar-refractivity contribution is -0.0517. The number of anilines is 1. The molecular weight excluding hydrogens is 401 g/mol. The number of rotatable bonds is 6. The van der Waals surface area contributed by atoms with Crippen LogP contribution in [0.5, 0.6) is 5.75 Å². The van der Waals surface area contributed by atoms with Crippen LogP contribution in [0.15, 0.2) is 21.3 Å². The number of ether oxygens (including phenoxy) is 1. The van der Waals surface area contributed by atoms with Crippen LogP contribution in [0, 0.1) is 11.7 Å². The Hall–Kier alpha value is -2.20. The van der Waals surface area contributed by atoms with Gasteiger partial charge in [-0.05, 0) is 51.3 Å². The van der Waals surface area contributed by atoms with E-state index in [1.165, 1.54) is 6.07 Å². The second kappa shape index (κ2) is 9.33. The van der Waals surface area contributed by atoms with Gasteiger partial charge in [0, 0.05) is 17.6 Å². The molecule has 1 aromatic heterocycles. The number of aromatic amines is 1. The van der Waals surface area contributed by atoms with Gasteiger partial charge in [-0.15, -0.1) is 17.5 Å². The highest BCUT2D eigenvalue weighted by Crippen LogP contribution is 2.36. The van der Waals surface area contributed by atoms with Crippen molar-refractivity contribution < 1.29 is 22.3 Å². The summed E-state index contributed by atoms with van der Waals surface area (Å²) in [5.41, 5.74) is 0.176. The van der Waals surface area contributed by atoms with Gasteiger partial charge in [0.05, 0.1) is 5.69 Å². The molecule has 0 spiro atoms. The van der Waals surface area contributed by atoms with E-state index in [-0.39, 0.29) is 41.5 Å². The Morgan fingerprint density at radius 3 is 2.75 bits per heavy atom. The van der Waals surface area contributed by atoms with Crippen LogP contribution in [-0.4, -0.2) is 35.4 Å². The van der Waals surface area contributed by atoms with Crippen LogP contribution in [0.25, 0.3) is 11.5 Å². The molecule has 1 fully saturated rings. The number of nitrogens with one attached hydrogen (secondary N) is 3. The summed E-state index contributed by atoms with van der Waals surface area (Å²) in [5, 5.41) is 12.1. The molecule has 1 unspecified atom stereocenters. The molecule has 2 aromatic rings. The Morgan fingerprint density at radius 1 is 1.39 bits per heavy atom. The maximum atomic E-state index is 14.5. The molecule has 0 amide bonds. The quantitative estimate of drug-likeness (QED) is 0.661. The summed E-state index contributed by atoms with van der Waals surface area (Å²) >= 11 is 0. The van der Waals surface area contributed by atoms with Crippen molar-refractivity contribution in [3.05, 3.63) is 28.5 Å². The highest BCUT2D eigenvalue weighted by atomic mass is 35.5. The van der Waals surface area contributed by atoms with E-state index in [2.05, 4.69) is 32.5 Å². The summed E-state index contributed by atoms with van der Waals surface area (Å²) in [5.74, 6) is -2.26. The third-order valence-electron chi connectivity index (χ3n) is 4.69. The molecule has 7 nitrogen and oxygen atoms in total. The van der Waals surface area contributed by atoms with Gasteiger partial charge in [0.2, 0.25) is 5.89 Å². The highest BCUT2D eigenvalue weighted by molar-refractivity contribution is 5.85. The van der Waals surface area contributed by atoms with Gasteiger partial charge in [0.25, 0.3) is 0 Å². The molecule has 1 aliphatic heterocycles. The van der Waals surface area contributed by atoms with Crippen molar-refractivity contribution in [3.63, 3.8) is 0 Å². The van der Waals surface area contributed by atoms with Gasteiger partial charge in [-0.25, -0.2) is 14.3 Å². The number of aromatic nitrogens is 2. The Morgan fingerprint density at radius 2 is 2.14 bits per heavy atom. The van der Waals surface area contributed by atoms with E-state index >= 15 is 0 Å². The molecule has 3 atom stereocenters. The molecule has 2 heterocycles. The van der Waals surface area contributed by atoms with E-state index in [1.807, 2.05) is 6.92 Å². The third-order valence-corrected chi connectivity index (χ3v) is 4.69. The second-order valence-electron chi connectivity index (χ2n) is 6.70. The molecule has 11 heteroatoms. The van der Waals surface area contributed by atoms with Crippen molar-refractivity contribution in [2.24, 2.45) is 5.92 Å². The number of nitrogens with zero attached hydrogens (tertiary/aromatic N) is 1. The summed E-state index contributed by atoms with van der Waals surface area (Å²) in [7, 11) is 0. The Balaban J connectivity index is 0.00000280. The van der Waals surface area contributed by atoms with E-state index < -0.39 is 23.9 Å². The zero-order chi connectivity index (χ0) is 19.6. The van der Waals surface area contributed by atoms with Crippen LogP contribution in [0.4, 0.5) is 18.9 Å². The number of halogens is 4. The van der Waals surface area contributed by atoms with E-state index in [9.17, 15) is 18.0 Å². The lowest BCUT2D eigenvalue weighted by Crippen LogP contribution is -2.41. The third kappa shape index (κ3) is 5.20. The number of piperidine rings is 1. The average Bonchev–Trinajstić information content (AvgIpc) is 3.04. The monoisotopic (exact) mass is 422 g/mol. The molecule has 156 valence electrons. The zero-order valence-electron chi connectivity index (χ0n) is 15.3. The summed E-state index contributed by atoms with van der Waals surface area (Å²) in [6.45, 7) is 1.66. The van der Waals surface area contributed by atoms with Crippen LogP contribution >= 0.6 is 12.4 Å². The van der Waals surface area contributed by atoms with Crippen LogP contribution < -0.4 is 21.1 Å². The molecule has 1 aliphatic rings. The molecule has 1 aromatic carbocycles. The normalized spacial score (nSPS) is 20.5. The summed E-state index contributed by atoms with van der Waals surface area (Å²) in [6, 6.07) is 2.53. The smallest absolute Gasteiger partial charge is 0.429 e. The maximum absolute atomic E-state index is 14.5. The highest BCUT2D eigenvalue weighted by Gasteiger charge is 2.26. The number of alkyl halides is 2. The van der Waals surface area contributed by atoms with E-state index in [1.54, 1.807) is 0 Å². The summed E-state index contributed by atoms with van der Waals surface area (Å²) in [6.07, 6.45) is 1.80. The average molecular weight is 423 g/mol. The first-order valence-electron chi connectivity index (χ1n) is 8.67. The van der Waals surface area contributed by atoms with Crippen molar-refractivity contribution in [3.8, 4) is 17.2 Å². The standard InChI is InChI=1S/C17H21F3N4O3.ClH/c1-8-5-10(3-4-21-8)9(2)22-13-7-11(15-23-24-17(25)27-15)6-12(18)14(13)26-16(19)20;/h6-10,16,21-22H,3-5H2,1-2H3,(H,24,25);1H/t8-,9?,10-;/m1./s1. The fourth-order valence-electron chi connectivity index (χ4n) is 3.37. The molecule has 3 rings (SSSR count). The Bertz CT molecular complexity index is 845. The van der Waals surface area contributed by atoms with Gasteiger partial charge in [-0.3, -0.25) is 0 Å². The van der Waals surface area contributed by atoms with Crippen molar-refractivity contribution >= 4 is 18.1 Å². The molecule has 1 saturated heterocycles. The van der Waals surface area contributed by atoms with Gasteiger partial charge in [-0.1, -0.05) is 0 Å². The maximum Gasteiger partial charge on any atom is 0.434 e. The van der Waals surface area contributed by atoms with Gasteiger partial charge in [0.1, 0.15) is 0 Å². The van der Waals surface area contributed by atoms with Crippen LogP contribution in [0.3, 0.4) is 0 Å². The Kier molecular flexibility index (Phi) is 7.36. The molecule has 3 N–H and O–H groups in total. The minimum atomic E-state index is -3.18. The number of hydrogen-bond acceptors (Lipinski definition) is 6. The van der Waals surface area contributed by atoms with Gasteiger partial charge >= 0.3 is 12.4 Å². The molecule has 0 aliphatic carbocycles. The SMILES string of the molecule is CC(Nc1cc(-c2n[nH]c(=O)o2)cc(F)c1OC(F)F)[C@@H]1CCN[C@H](C)C1.Cl. The molecule has 28 heavy (non-hydrogen) atoms. The fourth-order valence-corrected chi connectivity index (χ4v) is 3.37. The number of H-pyrrole nitrogens is 1. The molecule has 0 bridgehead atoms. The number of hydrogen-bond donors (Lipinski definition) is 3. The largest absolute Gasteiger partial charge is 0.434 e. The topological polar surface area (TPSA) is 92.2 Å². The zero-order valence-corrected chi connectivity index (χ0v) is 16.1. The lowest BCUT2D eigenvalue weighted by Gasteiger charge is -2.33. The first-order valence-corrected chi connectivity index (χ1v) is 8.67. The van der Waals surface area contributed by atoms with Gasteiger partial charge in [-0.2, -0.15) is 8.78 Å². The summed E-state index contributed by atoms with van der Waals surface area (Å²) in [4.78, 5) is 11.1. The van der Waals surface area contributed by atoms with Crippen molar-refractivity contribution in [2.75, 3.05) is 11.9 Å². The molecular formula is C17H22ClF3N4O3. The first-order chi connectivity index (χ1) is 12.8. The predicted octanol–water partition coefficient (Wildman–Crippen LogP) is 3.38.